The minimum absolute atomic E-state index is 0.0595. The number of anilines is 1. The molecule has 0 saturated carbocycles. The lowest BCUT2D eigenvalue weighted by atomic mass is 10.1. The van der Waals surface area contributed by atoms with Crippen molar-refractivity contribution >= 4 is 27.5 Å². The van der Waals surface area contributed by atoms with Crippen LogP contribution >= 0.6 is 0 Å². The molecule has 8 heteroatoms. The van der Waals surface area contributed by atoms with Crippen LogP contribution in [0.15, 0.2) is 53.4 Å². The molecule has 1 aliphatic rings. The lowest BCUT2D eigenvalue weighted by Crippen LogP contribution is -2.35. The Morgan fingerprint density at radius 1 is 0.970 bits per heavy atom. The van der Waals surface area contributed by atoms with Crippen LogP contribution in [0.1, 0.15) is 55.5 Å². The summed E-state index contributed by atoms with van der Waals surface area (Å²) >= 11 is 0. The Kier molecular flexibility index (Phi) is 8.63. The number of amides is 2. The summed E-state index contributed by atoms with van der Waals surface area (Å²) < 4.78 is 27.1. The molecule has 0 radical (unpaired) electrons. The van der Waals surface area contributed by atoms with Gasteiger partial charge in [0.2, 0.25) is 15.9 Å². The average Bonchev–Trinajstić information content (AvgIpc) is 2.84. The monoisotopic (exact) mass is 471 g/mol. The second-order valence-corrected chi connectivity index (χ2v) is 10.2. The molecule has 0 bridgehead atoms. The molecule has 2 aromatic rings. The standard InChI is InChI=1S/C25H33N3O4S/c1-3-27(4-2)25(30)21-9-8-10-22(19-21)26-24(29)16-13-20-11-14-23(15-12-20)33(31,32)28-17-6-5-7-18-28/h8-12,14-15,19H,3-7,13,16-18H2,1-2H3,(H,26,29). The zero-order chi connectivity index (χ0) is 23.8. The summed E-state index contributed by atoms with van der Waals surface area (Å²) in [6.07, 6.45) is 3.63. The van der Waals surface area contributed by atoms with Gasteiger partial charge in [-0.25, -0.2) is 8.42 Å². The molecule has 2 amide bonds. The van der Waals surface area contributed by atoms with Gasteiger partial charge in [0.05, 0.1) is 4.90 Å². The fourth-order valence-electron chi connectivity index (χ4n) is 3.99. The normalized spacial score (nSPS) is 14.6. The number of nitrogens with zero attached hydrogens (tertiary/aromatic N) is 2. The lowest BCUT2D eigenvalue weighted by molar-refractivity contribution is -0.116. The topological polar surface area (TPSA) is 86.8 Å². The van der Waals surface area contributed by atoms with Crippen LogP contribution in [-0.2, 0) is 21.2 Å². The first-order valence-electron chi connectivity index (χ1n) is 11.6. The Hall–Kier alpha value is -2.71. The van der Waals surface area contributed by atoms with E-state index in [0.717, 1.165) is 24.8 Å². The van der Waals surface area contributed by atoms with E-state index in [9.17, 15) is 18.0 Å². The van der Waals surface area contributed by atoms with E-state index in [2.05, 4.69) is 5.32 Å². The molecule has 0 aromatic heterocycles. The number of benzene rings is 2. The Morgan fingerprint density at radius 3 is 2.27 bits per heavy atom. The molecule has 1 saturated heterocycles. The molecule has 1 heterocycles. The van der Waals surface area contributed by atoms with Gasteiger partial charge in [0, 0.05) is 43.9 Å². The zero-order valence-corrected chi connectivity index (χ0v) is 20.2. The third-order valence-corrected chi connectivity index (χ3v) is 7.87. The second-order valence-electron chi connectivity index (χ2n) is 8.22. The van der Waals surface area contributed by atoms with Gasteiger partial charge in [-0.2, -0.15) is 4.31 Å². The molecule has 1 fully saturated rings. The molecule has 0 spiro atoms. The van der Waals surface area contributed by atoms with E-state index >= 15 is 0 Å². The maximum Gasteiger partial charge on any atom is 0.253 e. The van der Waals surface area contributed by atoms with Crippen molar-refractivity contribution in [3.05, 3.63) is 59.7 Å². The number of rotatable bonds is 9. The summed E-state index contributed by atoms with van der Waals surface area (Å²) in [7, 11) is -3.45. The molecule has 178 valence electrons. The minimum Gasteiger partial charge on any atom is -0.339 e. The van der Waals surface area contributed by atoms with Gasteiger partial charge in [-0.05, 0) is 69.0 Å². The number of hydrogen-bond donors (Lipinski definition) is 1. The number of hydrogen-bond acceptors (Lipinski definition) is 4. The van der Waals surface area contributed by atoms with E-state index in [1.54, 1.807) is 57.7 Å². The maximum atomic E-state index is 12.8. The highest BCUT2D eigenvalue weighted by molar-refractivity contribution is 7.89. The van der Waals surface area contributed by atoms with E-state index in [4.69, 9.17) is 0 Å². The van der Waals surface area contributed by atoms with Gasteiger partial charge in [-0.3, -0.25) is 9.59 Å². The summed E-state index contributed by atoms with van der Waals surface area (Å²) in [5, 5.41) is 2.85. The van der Waals surface area contributed by atoms with Gasteiger partial charge >= 0.3 is 0 Å². The van der Waals surface area contributed by atoms with Crippen molar-refractivity contribution in [1.82, 2.24) is 9.21 Å². The molecular formula is C25H33N3O4S. The predicted octanol–water partition coefficient (Wildman–Crippen LogP) is 3.91. The molecule has 7 nitrogen and oxygen atoms in total. The Balaban J connectivity index is 1.56. The first-order valence-corrected chi connectivity index (χ1v) is 13.1. The summed E-state index contributed by atoms with van der Waals surface area (Å²) in [5.41, 5.74) is 2.02. The highest BCUT2D eigenvalue weighted by atomic mass is 32.2. The van der Waals surface area contributed by atoms with Crippen LogP contribution < -0.4 is 5.32 Å². The van der Waals surface area contributed by atoms with Gasteiger partial charge in [0.1, 0.15) is 0 Å². The van der Waals surface area contributed by atoms with Gasteiger partial charge in [0.15, 0.2) is 0 Å². The predicted molar refractivity (Wildman–Crippen MR) is 130 cm³/mol. The van der Waals surface area contributed by atoms with Crippen LogP contribution in [0.2, 0.25) is 0 Å². The third-order valence-electron chi connectivity index (χ3n) is 5.96. The lowest BCUT2D eigenvalue weighted by Gasteiger charge is -2.25. The number of nitrogens with one attached hydrogen (secondary N) is 1. The Bertz CT molecular complexity index is 1060. The van der Waals surface area contributed by atoms with Crippen LogP contribution in [0.4, 0.5) is 5.69 Å². The largest absolute Gasteiger partial charge is 0.339 e. The van der Waals surface area contributed by atoms with Crippen molar-refractivity contribution in [2.45, 2.75) is 50.8 Å². The Morgan fingerprint density at radius 2 is 1.64 bits per heavy atom. The molecule has 1 N–H and O–H groups in total. The molecule has 0 atom stereocenters. The maximum absolute atomic E-state index is 12.8. The van der Waals surface area contributed by atoms with Crippen LogP contribution in [0, 0.1) is 0 Å². The molecule has 2 aromatic carbocycles. The fourth-order valence-corrected chi connectivity index (χ4v) is 5.50. The van der Waals surface area contributed by atoms with Gasteiger partial charge in [0.25, 0.3) is 5.91 Å². The van der Waals surface area contributed by atoms with E-state index in [1.807, 2.05) is 13.8 Å². The smallest absolute Gasteiger partial charge is 0.253 e. The summed E-state index contributed by atoms with van der Waals surface area (Å²) in [6.45, 7) is 6.28. The number of carbonyl (C=O) groups is 2. The van der Waals surface area contributed by atoms with Crippen molar-refractivity contribution in [1.29, 1.82) is 0 Å². The van der Waals surface area contributed by atoms with E-state index in [0.29, 0.717) is 48.7 Å². The minimum atomic E-state index is -3.45. The SMILES string of the molecule is CCN(CC)C(=O)c1cccc(NC(=O)CCc2ccc(S(=O)(=O)N3CCCCC3)cc2)c1. The summed E-state index contributed by atoms with van der Waals surface area (Å²) in [6, 6.07) is 13.7. The van der Waals surface area contributed by atoms with Gasteiger partial charge < -0.3 is 10.2 Å². The molecule has 3 rings (SSSR count). The van der Waals surface area contributed by atoms with E-state index < -0.39 is 10.0 Å². The van der Waals surface area contributed by atoms with Crippen LogP contribution in [0.25, 0.3) is 0 Å². The van der Waals surface area contributed by atoms with Crippen molar-refractivity contribution in [3.8, 4) is 0 Å². The average molecular weight is 472 g/mol. The summed E-state index contributed by atoms with van der Waals surface area (Å²) in [5.74, 6) is -0.219. The summed E-state index contributed by atoms with van der Waals surface area (Å²) in [4.78, 5) is 27.0. The van der Waals surface area contributed by atoms with Gasteiger partial charge in [-0.1, -0.05) is 24.6 Å². The van der Waals surface area contributed by atoms with Crippen LogP contribution in [0.3, 0.4) is 0 Å². The molecule has 0 unspecified atom stereocenters. The van der Waals surface area contributed by atoms with Crippen LogP contribution in [0.5, 0.6) is 0 Å². The second kappa shape index (κ2) is 11.4. The van der Waals surface area contributed by atoms with Crippen molar-refractivity contribution in [3.63, 3.8) is 0 Å². The number of carbonyl (C=O) groups excluding carboxylic acids is 2. The van der Waals surface area contributed by atoms with Crippen molar-refractivity contribution < 1.29 is 18.0 Å². The third kappa shape index (κ3) is 6.42. The van der Waals surface area contributed by atoms with Gasteiger partial charge in [-0.15, -0.1) is 0 Å². The highest BCUT2D eigenvalue weighted by Crippen LogP contribution is 2.21. The zero-order valence-electron chi connectivity index (χ0n) is 19.4. The molecule has 33 heavy (non-hydrogen) atoms. The van der Waals surface area contributed by atoms with E-state index in [-0.39, 0.29) is 18.2 Å². The van der Waals surface area contributed by atoms with E-state index in [1.165, 1.54) is 0 Å². The molecule has 1 aliphatic heterocycles. The fraction of sp³-hybridized carbons (Fsp3) is 0.440. The highest BCUT2D eigenvalue weighted by Gasteiger charge is 2.25. The number of piperidine rings is 1. The number of sulfonamides is 1. The molecule has 0 aliphatic carbocycles. The Labute approximate surface area is 196 Å². The van der Waals surface area contributed by atoms with Crippen molar-refractivity contribution in [2.24, 2.45) is 0 Å². The van der Waals surface area contributed by atoms with Crippen molar-refractivity contribution in [2.75, 3.05) is 31.5 Å². The quantitative estimate of drug-likeness (QED) is 0.601. The first kappa shape index (κ1) is 24.9. The van der Waals surface area contributed by atoms with Crippen LogP contribution in [-0.4, -0.2) is 55.6 Å². The first-order chi connectivity index (χ1) is 15.8. The molecular weight excluding hydrogens is 438 g/mol. The number of aryl methyl sites for hydroxylation is 1.